The molecule has 0 N–H and O–H groups in total. The molecule has 0 atom stereocenters. The van der Waals surface area contributed by atoms with E-state index < -0.39 is 0 Å². The van der Waals surface area contributed by atoms with Gasteiger partial charge in [-0.2, -0.15) is 0 Å². The largest absolute Gasteiger partial charge is 0.343 e. The minimum Gasteiger partial charge on any atom is -0.343 e. The van der Waals surface area contributed by atoms with Gasteiger partial charge in [-0.15, -0.1) is 0 Å². The van der Waals surface area contributed by atoms with Crippen LogP contribution in [0.15, 0.2) is 29.0 Å². The fourth-order valence-electron chi connectivity index (χ4n) is 1.48. The van der Waals surface area contributed by atoms with Crippen LogP contribution in [-0.4, -0.2) is 9.55 Å². The fraction of sp³-hybridized carbons (Fsp3) is 0.300. The topological polar surface area (TPSA) is 17.8 Å². The maximum atomic E-state index is 4.29. The number of rotatable bonds is 1. The SMILES string of the molecule is CC(C)n1ccc2nccc(Br)c21. The molecule has 13 heavy (non-hydrogen) atoms. The lowest BCUT2D eigenvalue weighted by Crippen LogP contribution is -1.98. The lowest BCUT2D eigenvalue weighted by atomic mass is 10.3. The maximum Gasteiger partial charge on any atom is 0.0892 e. The highest BCUT2D eigenvalue weighted by atomic mass is 79.9. The number of hydrogen-bond acceptors (Lipinski definition) is 1. The first-order valence-corrected chi connectivity index (χ1v) is 5.10. The highest BCUT2D eigenvalue weighted by Crippen LogP contribution is 2.25. The van der Waals surface area contributed by atoms with Gasteiger partial charge in [0.2, 0.25) is 0 Å². The van der Waals surface area contributed by atoms with Gasteiger partial charge in [0.15, 0.2) is 0 Å². The van der Waals surface area contributed by atoms with Crippen molar-refractivity contribution >= 4 is 27.0 Å². The van der Waals surface area contributed by atoms with Crippen molar-refractivity contribution in [2.75, 3.05) is 0 Å². The summed E-state index contributed by atoms with van der Waals surface area (Å²) in [5, 5.41) is 0. The van der Waals surface area contributed by atoms with Crippen LogP contribution in [0.1, 0.15) is 19.9 Å². The summed E-state index contributed by atoms with van der Waals surface area (Å²) in [6.45, 7) is 4.33. The van der Waals surface area contributed by atoms with Gasteiger partial charge in [-0.1, -0.05) is 0 Å². The standard InChI is InChI=1S/C10H11BrN2/c1-7(2)13-6-4-9-10(13)8(11)3-5-12-9/h3-7H,1-2H3. The van der Waals surface area contributed by atoms with Crippen LogP contribution in [0.3, 0.4) is 0 Å². The third-order valence-corrected chi connectivity index (χ3v) is 2.75. The summed E-state index contributed by atoms with van der Waals surface area (Å²) >= 11 is 3.53. The highest BCUT2D eigenvalue weighted by molar-refractivity contribution is 9.10. The molecule has 3 heteroatoms. The molecule has 0 saturated carbocycles. The Morgan fingerprint density at radius 3 is 2.85 bits per heavy atom. The second-order valence-corrected chi connectivity index (χ2v) is 4.20. The summed E-state index contributed by atoms with van der Waals surface area (Å²) < 4.78 is 3.32. The van der Waals surface area contributed by atoms with E-state index >= 15 is 0 Å². The Morgan fingerprint density at radius 2 is 2.15 bits per heavy atom. The Balaban J connectivity index is 2.79. The quantitative estimate of drug-likeness (QED) is 0.745. The van der Waals surface area contributed by atoms with Gasteiger partial charge >= 0.3 is 0 Å². The van der Waals surface area contributed by atoms with E-state index in [2.05, 4.69) is 45.5 Å². The lowest BCUT2D eigenvalue weighted by Gasteiger charge is -2.09. The van der Waals surface area contributed by atoms with E-state index in [0.717, 1.165) is 9.99 Å². The summed E-state index contributed by atoms with van der Waals surface area (Å²) in [6.07, 6.45) is 3.89. The highest BCUT2D eigenvalue weighted by Gasteiger charge is 2.07. The van der Waals surface area contributed by atoms with Crippen molar-refractivity contribution in [3.63, 3.8) is 0 Å². The average Bonchev–Trinajstić information content (AvgIpc) is 2.49. The molecule has 2 aromatic rings. The molecule has 0 saturated heterocycles. The van der Waals surface area contributed by atoms with Crippen LogP contribution in [0, 0.1) is 0 Å². The number of pyridine rings is 1. The summed E-state index contributed by atoms with van der Waals surface area (Å²) in [5.41, 5.74) is 2.22. The first-order valence-electron chi connectivity index (χ1n) is 4.31. The molecule has 0 radical (unpaired) electrons. The van der Waals surface area contributed by atoms with Crippen molar-refractivity contribution in [2.45, 2.75) is 19.9 Å². The molecule has 68 valence electrons. The maximum absolute atomic E-state index is 4.29. The molecular formula is C10H11BrN2. The molecule has 2 nitrogen and oxygen atoms in total. The number of aromatic nitrogens is 2. The minimum atomic E-state index is 0.470. The van der Waals surface area contributed by atoms with Crippen LogP contribution in [0.2, 0.25) is 0 Å². The third kappa shape index (κ3) is 1.37. The van der Waals surface area contributed by atoms with Crippen LogP contribution in [-0.2, 0) is 0 Å². The molecule has 0 bridgehead atoms. The monoisotopic (exact) mass is 238 g/mol. The van der Waals surface area contributed by atoms with Crippen molar-refractivity contribution in [3.05, 3.63) is 29.0 Å². The first kappa shape index (κ1) is 8.75. The normalized spacial score (nSPS) is 11.4. The van der Waals surface area contributed by atoms with E-state index in [9.17, 15) is 0 Å². The van der Waals surface area contributed by atoms with Crippen molar-refractivity contribution in [1.29, 1.82) is 0 Å². The number of fused-ring (bicyclic) bond motifs is 1. The average molecular weight is 239 g/mol. The predicted molar refractivity (Wildman–Crippen MR) is 57.8 cm³/mol. The molecule has 0 aliphatic rings. The predicted octanol–water partition coefficient (Wildman–Crippen LogP) is 3.38. The van der Waals surface area contributed by atoms with Crippen LogP contribution in [0.5, 0.6) is 0 Å². The zero-order chi connectivity index (χ0) is 9.42. The Bertz CT molecular complexity index is 431. The van der Waals surface area contributed by atoms with E-state index in [-0.39, 0.29) is 0 Å². The van der Waals surface area contributed by atoms with Gasteiger partial charge in [0.25, 0.3) is 0 Å². The summed E-state index contributed by atoms with van der Waals surface area (Å²) in [5.74, 6) is 0. The molecule has 0 spiro atoms. The van der Waals surface area contributed by atoms with Crippen LogP contribution in [0.25, 0.3) is 11.0 Å². The first-order chi connectivity index (χ1) is 6.20. The molecule has 0 unspecified atom stereocenters. The van der Waals surface area contributed by atoms with Crippen molar-refractivity contribution in [1.82, 2.24) is 9.55 Å². The van der Waals surface area contributed by atoms with E-state index in [1.54, 1.807) is 0 Å². The molecule has 2 rings (SSSR count). The van der Waals surface area contributed by atoms with Gasteiger partial charge in [-0.3, -0.25) is 4.98 Å². The Kier molecular flexibility index (Phi) is 2.12. The second-order valence-electron chi connectivity index (χ2n) is 3.34. The van der Waals surface area contributed by atoms with Gasteiger partial charge in [-0.05, 0) is 41.9 Å². The number of hydrogen-bond donors (Lipinski definition) is 0. The van der Waals surface area contributed by atoms with E-state index in [4.69, 9.17) is 0 Å². The second kappa shape index (κ2) is 3.14. The Hall–Kier alpha value is -0.830. The zero-order valence-electron chi connectivity index (χ0n) is 7.66. The summed E-state index contributed by atoms with van der Waals surface area (Å²) in [6, 6.07) is 4.49. The molecule has 0 aromatic carbocycles. The minimum absolute atomic E-state index is 0.470. The van der Waals surface area contributed by atoms with Crippen molar-refractivity contribution in [2.24, 2.45) is 0 Å². The van der Waals surface area contributed by atoms with Crippen LogP contribution >= 0.6 is 15.9 Å². The zero-order valence-corrected chi connectivity index (χ0v) is 9.25. The molecule has 0 aliphatic carbocycles. The molecule has 2 aromatic heterocycles. The molecule has 0 aliphatic heterocycles. The van der Waals surface area contributed by atoms with Crippen LogP contribution in [0.4, 0.5) is 0 Å². The van der Waals surface area contributed by atoms with E-state index in [1.165, 1.54) is 5.52 Å². The molecule has 0 amide bonds. The van der Waals surface area contributed by atoms with Gasteiger partial charge < -0.3 is 4.57 Å². The van der Waals surface area contributed by atoms with Crippen LogP contribution < -0.4 is 0 Å². The Labute approximate surface area is 85.7 Å². The lowest BCUT2D eigenvalue weighted by molar-refractivity contribution is 0.622. The molecule has 0 fully saturated rings. The molecule has 2 heterocycles. The smallest absolute Gasteiger partial charge is 0.0892 e. The van der Waals surface area contributed by atoms with Gasteiger partial charge in [0, 0.05) is 22.9 Å². The number of halogens is 1. The van der Waals surface area contributed by atoms with Gasteiger partial charge in [0.05, 0.1) is 11.0 Å². The molecular weight excluding hydrogens is 228 g/mol. The van der Waals surface area contributed by atoms with E-state index in [0.29, 0.717) is 6.04 Å². The number of nitrogens with zero attached hydrogens (tertiary/aromatic N) is 2. The fourth-order valence-corrected chi connectivity index (χ4v) is 2.00. The van der Waals surface area contributed by atoms with E-state index in [1.807, 2.05) is 18.3 Å². The van der Waals surface area contributed by atoms with Gasteiger partial charge in [0.1, 0.15) is 0 Å². The van der Waals surface area contributed by atoms with Gasteiger partial charge in [-0.25, -0.2) is 0 Å². The Morgan fingerprint density at radius 1 is 1.38 bits per heavy atom. The van der Waals surface area contributed by atoms with Crippen molar-refractivity contribution in [3.8, 4) is 0 Å². The summed E-state index contributed by atoms with van der Waals surface area (Å²) in [7, 11) is 0. The summed E-state index contributed by atoms with van der Waals surface area (Å²) in [4.78, 5) is 4.29. The van der Waals surface area contributed by atoms with Crippen molar-refractivity contribution < 1.29 is 0 Å². The third-order valence-electron chi connectivity index (χ3n) is 2.11.